The molecule has 98 valence electrons. The Morgan fingerprint density at radius 1 is 1.53 bits per heavy atom. The largest absolute Gasteiger partial charge is 0.465 e. The Hall–Kier alpha value is -1.91. The number of nitrogens with zero attached hydrogens (tertiary/aromatic N) is 1. The van der Waals surface area contributed by atoms with Gasteiger partial charge in [0.25, 0.3) is 0 Å². The molecule has 1 N–H and O–H groups in total. The number of aromatic nitrogens is 1. The maximum Gasteiger partial charge on any atom is 0.340 e. The molecule has 5 heteroatoms. The summed E-state index contributed by atoms with van der Waals surface area (Å²) in [5, 5.41) is 0. The van der Waals surface area contributed by atoms with E-state index in [1.807, 2.05) is 6.92 Å². The summed E-state index contributed by atoms with van der Waals surface area (Å²) in [6, 6.07) is 0. The number of aryl methyl sites for hydroxylation is 1. The first-order chi connectivity index (χ1) is 9.09. The van der Waals surface area contributed by atoms with Gasteiger partial charge >= 0.3 is 5.97 Å². The van der Waals surface area contributed by atoms with E-state index >= 15 is 0 Å². The van der Waals surface area contributed by atoms with E-state index in [4.69, 9.17) is 4.74 Å². The number of esters is 1. The van der Waals surface area contributed by atoms with Crippen molar-refractivity contribution in [2.45, 2.75) is 25.2 Å². The highest BCUT2D eigenvalue weighted by Gasteiger charge is 2.66. The van der Waals surface area contributed by atoms with E-state index in [2.05, 4.69) is 9.98 Å². The molecule has 0 bridgehead atoms. The van der Waals surface area contributed by atoms with Crippen molar-refractivity contribution in [2.24, 2.45) is 10.9 Å². The second-order valence-electron chi connectivity index (χ2n) is 5.63. The van der Waals surface area contributed by atoms with Crippen LogP contribution in [0.25, 0.3) is 0 Å². The molecule has 3 aliphatic rings. The number of ether oxygens (including phenoxy) is 1. The zero-order valence-corrected chi connectivity index (χ0v) is 10.9. The van der Waals surface area contributed by atoms with Gasteiger partial charge in [0, 0.05) is 28.9 Å². The van der Waals surface area contributed by atoms with Gasteiger partial charge in [0.1, 0.15) is 0 Å². The van der Waals surface area contributed by atoms with Crippen LogP contribution in [0, 0.1) is 12.8 Å². The summed E-state index contributed by atoms with van der Waals surface area (Å²) < 4.78 is 4.88. The average Bonchev–Trinajstić information content (AvgIpc) is 2.83. The van der Waals surface area contributed by atoms with Gasteiger partial charge in [-0.1, -0.05) is 0 Å². The van der Waals surface area contributed by atoms with Gasteiger partial charge in [-0.05, 0) is 19.3 Å². The van der Waals surface area contributed by atoms with Gasteiger partial charge in [0.2, 0.25) is 0 Å². The second kappa shape index (κ2) is 3.15. The van der Waals surface area contributed by atoms with Crippen molar-refractivity contribution in [3.05, 3.63) is 22.5 Å². The number of carbonyl (C=O) groups is 2. The van der Waals surface area contributed by atoms with E-state index in [0.29, 0.717) is 23.6 Å². The number of fused-ring (bicyclic) bond motifs is 1. The molecule has 1 aromatic rings. The topological polar surface area (TPSA) is 71.5 Å². The summed E-state index contributed by atoms with van der Waals surface area (Å²) in [4.78, 5) is 31.8. The number of rotatable bonds is 1. The van der Waals surface area contributed by atoms with Gasteiger partial charge < -0.3 is 9.72 Å². The third-order valence-corrected chi connectivity index (χ3v) is 4.75. The predicted molar refractivity (Wildman–Crippen MR) is 67.9 cm³/mol. The first-order valence-corrected chi connectivity index (χ1v) is 6.48. The van der Waals surface area contributed by atoms with Crippen LogP contribution in [0.5, 0.6) is 0 Å². The minimum atomic E-state index is -0.365. The highest BCUT2D eigenvalue weighted by Crippen LogP contribution is 2.62. The van der Waals surface area contributed by atoms with E-state index in [0.717, 1.165) is 29.9 Å². The molecule has 1 unspecified atom stereocenters. The third kappa shape index (κ3) is 1.09. The van der Waals surface area contributed by atoms with E-state index in [9.17, 15) is 9.59 Å². The molecule has 2 heterocycles. The molecular weight excluding hydrogens is 244 g/mol. The normalized spacial score (nSPS) is 30.3. The lowest BCUT2D eigenvalue weighted by atomic mass is 9.78. The van der Waals surface area contributed by atoms with Crippen LogP contribution in [0.4, 0.5) is 0 Å². The summed E-state index contributed by atoms with van der Waals surface area (Å²) >= 11 is 0. The van der Waals surface area contributed by atoms with Crippen LogP contribution < -0.4 is 0 Å². The first kappa shape index (κ1) is 11.0. The number of aliphatic imine (C=N–C) groups is 1. The highest BCUT2D eigenvalue weighted by atomic mass is 16.5. The molecule has 1 spiro atoms. The molecular formula is C14H14N2O3. The second-order valence-corrected chi connectivity index (χ2v) is 5.63. The first-order valence-electron chi connectivity index (χ1n) is 6.48. The van der Waals surface area contributed by atoms with Crippen LogP contribution in [-0.2, 0) is 10.2 Å². The van der Waals surface area contributed by atoms with Crippen LogP contribution in [0.1, 0.15) is 44.9 Å². The maximum atomic E-state index is 12.2. The van der Waals surface area contributed by atoms with Crippen LogP contribution in [0.15, 0.2) is 4.99 Å². The van der Waals surface area contributed by atoms with Crippen molar-refractivity contribution in [1.29, 1.82) is 0 Å². The molecule has 1 aliphatic heterocycles. The van der Waals surface area contributed by atoms with E-state index in [1.165, 1.54) is 7.11 Å². The summed E-state index contributed by atoms with van der Waals surface area (Å²) in [6.07, 6.45) is 1.40. The molecule has 2 atom stereocenters. The number of hydrogen-bond donors (Lipinski definition) is 1. The van der Waals surface area contributed by atoms with Crippen molar-refractivity contribution >= 4 is 17.5 Å². The molecule has 0 radical (unpaired) electrons. The van der Waals surface area contributed by atoms with Gasteiger partial charge in [-0.15, -0.1) is 0 Å². The smallest absolute Gasteiger partial charge is 0.340 e. The molecule has 2 aliphatic carbocycles. The lowest BCUT2D eigenvalue weighted by Gasteiger charge is -2.23. The molecule has 1 fully saturated rings. The van der Waals surface area contributed by atoms with Gasteiger partial charge in [-0.25, -0.2) is 4.79 Å². The van der Waals surface area contributed by atoms with Gasteiger partial charge in [-0.3, -0.25) is 9.79 Å². The van der Waals surface area contributed by atoms with E-state index < -0.39 is 0 Å². The summed E-state index contributed by atoms with van der Waals surface area (Å²) in [6.45, 7) is 2.60. The number of nitrogens with one attached hydrogen (secondary N) is 1. The highest BCUT2D eigenvalue weighted by molar-refractivity contribution is 6.21. The minimum Gasteiger partial charge on any atom is -0.465 e. The molecule has 0 saturated heterocycles. The van der Waals surface area contributed by atoms with E-state index in [-0.39, 0.29) is 17.2 Å². The maximum absolute atomic E-state index is 12.2. The summed E-state index contributed by atoms with van der Waals surface area (Å²) in [7, 11) is 1.37. The van der Waals surface area contributed by atoms with Crippen molar-refractivity contribution in [3.8, 4) is 0 Å². The van der Waals surface area contributed by atoms with Crippen molar-refractivity contribution < 1.29 is 14.3 Å². The quantitative estimate of drug-likeness (QED) is 0.774. The fourth-order valence-electron chi connectivity index (χ4n) is 3.81. The third-order valence-electron chi connectivity index (χ3n) is 4.75. The summed E-state index contributed by atoms with van der Waals surface area (Å²) in [5.74, 6) is 0.133. The summed E-state index contributed by atoms with van der Waals surface area (Å²) in [5.41, 5.74) is 3.55. The van der Waals surface area contributed by atoms with Crippen molar-refractivity contribution in [1.82, 2.24) is 4.98 Å². The minimum absolute atomic E-state index is 0.0326. The standard InChI is InChI=1S/C14H14N2O3/c1-6-10(13(18)19-2)11-12(16-6)8(17)3-9-14(11)4-7(14)5-15-9/h7,16H,3-5H2,1-2H3/t7-,14?/m1/s1. The lowest BCUT2D eigenvalue weighted by molar-refractivity contribution is 0.0598. The van der Waals surface area contributed by atoms with Crippen LogP contribution >= 0.6 is 0 Å². The Labute approximate surface area is 110 Å². The Morgan fingerprint density at radius 2 is 2.32 bits per heavy atom. The zero-order chi connectivity index (χ0) is 13.4. The van der Waals surface area contributed by atoms with Crippen LogP contribution in [0.2, 0.25) is 0 Å². The number of carbonyl (C=O) groups excluding carboxylic acids is 2. The molecule has 1 aromatic heterocycles. The molecule has 0 aromatic carbocycles. The fourth-order valence-corrected chi connectivity index (χ4v) is 3.81. The number of ketones is 1. The monoisotopic (exact) mass is 258 g/mol. The Kier molecular flexibility index (Phi) is 1.82. The van der Waals surface area contributed by atoms with Crippen molar-refractivity contribution in [3.63, 3.8) is 0 Å². The molecule has 1 saturated carbocycles. The number of methoxy groups -OCH3 is 1. The molecule has 4 rings (SSSR count). The van der Waals surface area contributed by atoms with Gasteiger partial charge in [0.05, 0.1) is 24.8 Å². The molecule has 19 heavy (non-hydrogen) atoms. The fraction of sp³-hybridized carbons (Fsp3) is 0.500. The van der Waals surface area contributed by atoms with Crippen molar-refractivity contribution in [2.75, 3.05) is 13.7 Å². The zero-order valence-electron chi connectivity index (χ0n) is 10.9. The SMILES string of the molecule is COC(=O)c1c(C)[nH]c2c1C13C[C@@H]1CN=C3CC2=O. The van der Waals surface area contributed by atoms with Gasteiger partial charge in [-0.2, -0.15) is 0 Å². The Morgan fingerprint density at radius 3 is 3.00 bits per heavy atom. The van der Waals surface area contributed by atoms with Gasteiger partial charge in [0.15, 0.2) is 5.78 Å². The molecule has 0 amide bonds. The van der Waals surface area contributed by atoms with Crippen LogP contribution in [-0.4, -0.2) is 36.1 Å². The number of Topliss-reactive ketones (excluding diaryl/α,β-unsaturated/α-hetero) is 1. The Balaban J connectivity index is 2.02. The van der Waals surface area contributed by atoms with E-state index in [1.54, 1.807) is 0 Å². The number of hydrogen-bond acceptors (Lipinski definition) is 4. The number of H-pyrrole nitrogens is 1. The lowest BCUT2D eigenvalue weighted by Crippen LogP contribution is -2.31. The Bertz CT molecular complexity index is 670. The number of aromatic amines is 1. The van der Waals surface area contributed by atoms with Crippen LogP contribution in [0.3, 0.4) is 0 Å². The average molecular weight is 258 g/mol. The predicted octanol–water partition coefficient (Wildman–Crippen LogP) is 1.41. The molecule has 5 nitrogen and oxygen atoms in total.